The Hall–Kier alpha value is -2.38. The van der Waals surface area contributed by atoms with Crippen LogP contribution >= 0.6 is 0 Å². The van der Waals surface area contributed by atoms with E-state index in [4.69, 9.17) is 0 Å². The number of hydrogen-bond acceptors (Lipinski definition) is 4. The number of urea groups is 1. The highest BCUT2D eigenvalue weighted by Gasteiger charge is 2.20. The van der Waals surface area contributed by atoms with Gasteiger partial charge >= 0.3 is 6.03 Å². The molecule has 0 radical (unpaired) electrons. The first-order valence-corrected chi connectivity index (χ1v) is 8.85. The van der Waals surface area contributed by atoms with Gasteiger partial charge in [0.25, 0.3) is 0 Å². The molecule has 8 heteroatoms. The lowest BCUT2D eigenvalue weighted by Crippen LogP contribution is -2.40. The van der Waals surface area contributed by atoms with Gasteiger partial charge in [0.05, 0.1) is 12.2 Å². The Morgan fingerprint density at radius 2 is 2.20 bits per heavy atom. The van der Waals surface area contributed by atoms with E-state index >= 15 is 0 Å². The van der Waals surface area contributed by atoms with Crippen LogP contribution in [0, 0.1) is 19.8 Å². The minimum atomic E-state index is -0.0874. The number of carbonyl (C=O) groups excluding carboxylic acids is 1. The zero-order chi connectivity index (χ0) is 18.0. The smallest absolute Gasteiger partial charge is 0.317 e. The number of hydrogen-bond donors (Lipinski definition) is 1. The maximum absolute atomic E-state index is 12.3. The molecule has 1 N–H and O–H groups in total. The van der Waals surface area contributed by atoms with Crippen LogP contribution in [0.25, 0.3) is 0 Å². The first-order valence-electron chi connectivity index (χ1n) is 8.85. The van der Waals surface area contributed by atoms with Crippen LogP contribution in [0.2, 0.25) is 0 Å². The van der Waals surface area contributed by atoms with Gasteiger partial charge in [-0.2, -0.15) is 5.10 Å². The fraction of sp³-hybridized carbons (Fsp3) is 0.647. The Morgan fingerprint density at radius 3 is 2.92 bits per heavy atom. The van der Waals surface area contributed by atoms with Crippen molar-refractivity contribution in [1.29, 1.82) is 0 Å². The third-order valence-electron chi connectivity index (χ3n) is 4.60. The third-order valence-corrected chi connectivity index (χ3v) is 4.60. The zero-order valence-corrected chi connectivity index (χ0v) is 15.5. The van der Waals surface area contributed by atoms with Gasteiger partial charge in [0.2, 0.25) is 0 Å². The van der Waals surface area contributed by atoms with Crippen molar-refractivity contribution >= 4 is 6.03 Å². The zero-order valence-electron chi connectivity index (χ0n) is 15.5. The van der Waals surface area contributed by atoms with Gasteiger partial charge in [0, 0.05) is 38.8 Å². The summed E-state index contributed by atoms with van der Waals surface area (Å²) < 4.78 is 4.12. The van der Waals surface area contributed by atoms with E-state index in [0.29, 0.717) is 19.0 Å². The Labute approximate surface area is 148 Å². The summed E-state index contributed by atoms with van der Waals surface area (Å²) >= 11 is 0. The molecule has 0 fully saturated rings. The van der Waals surface area contributed by atoms with Crippen LogP contribution in [0.1, 0.15) is 36.4 Å². The summed E-state index contributed by atoms with van der Waals surface area (Å²) in [4.78, 5) is 14.0. The summed E-state index contributed by atoms with van der Waals surface area (Å²) in [6.07, 6.45) is 2.09. The number of aromatic nitrogens is 5. The number of carbonyl (C=O) groups is 1. The van der Waals surface area contributed by atoms with Crippen molar-refractivity contribution in [3.05, 3.63) is 29.1 Å². The molecule has 2 amide bonds. The van der Waals surface area contributed by atoms with Gasteiger partial charge in [0.1, 0.15) is 5.82 Å². The summed E-state index contributed by atoms with van der Waals surface area (Å²) in [5.74, 6) is 2.19. The van der Waals surface area contributed by atoms with E-state index in [2.05, 4.69) is 45.1 Å². The third kappa shape index (κ3) is 4.00. The second kappa shape index (κ2) is 7.25. The largest absolute Gasteiger partial charge is 0.338 e. The van der Waals surface area contributed by atoms with Crippen molar-refractivity contribution in [3.8, 4) is 0 Å². The predicted octanol–water partition coefficient (Wildman–Crippen LogP) is 1.52. The van der Waals surface area contributed by atoms with Crippen LogP contribution in [0.4, 0.5) is 4.79 Å². The lowest BCUT2D eigenvalue weighted by atomic mass is 10.2. The molecular weight excluding hydrogens is 318 g/mol. The highest BCUT2D eigenvalue weighted by atomic mass is 16.2. The molecule has 0 aliphatic carbocycles. The second-order valence-electron chi connectivity index (χ2n) is 7.04. The summed E-state index contributed by atoms with van der Waals surface area (Å²) in [6.45, 7) is 8.99. The SMILES string of the molecule is Cc1cc(C)n(CC(C)CNC(=O)N(C)Cc2nnc3n2CCC3)n1. The van der Waals surface area contributed by atoms with Gasteiger partial charge in [-0.3, -0.25) is 4.68 Å². The van der Waals surface area contributed by atoms with E-state index in [1.165, 1.54) is 0 Å². The van der Waals surface area contributed by atoms with Crippen LogP contribution < -0.4 is 5.32 Å². The highest BCUT2D eigenvalue weighted by molar-refractivity contribution is 5.73. The molecule has 0 spiro atoms. The number of nitrogens with zero attached hydrogens (tertiary/aromatic N) is 6. The Balaban J connectivity index is 1.47. The van der Waals surface area contributed by atoms with E-state index in [0.717, 1.165) is 49.0 Å². The topological polar surface area (TPSA) is 80.9 Å². The predicted molar refractivity (Wildman–Crippen MR) is 94.1 cm³/mol. The average Bonchev–Trinajstić information content (AvgIpc) is 3.23. The highest BCUT2D eigenvalue weighted by Crippen LogP contribution is 2.15. The summed E-state index contributed by atoms with van der Waals surface area (Å²) in [5, 5.41) is 15.9. The standard InChI is InChI=1S/C17H27N7O/c1-12(10-24-14(3)8-13(2)21-24)9-18-17(25)22(4)11-16-20-19-15-6-5-7-23(15)16/h8,12H,5-7,9-11H2,1-4H3,(H,18,25). The Bertz CT molecular complexity index is 748. The first kappa shape index (κ1) is 17.4. The van der Waals surface area contributed by atoms with Crippen molar-refractivity contribution in [2.45, 2.75) is 53.2 Å². The van der Waals surface area contributed by atoms with E-state index in [1.54, 1.807) is 11.9 Å². The molecule has 0 saturated heterocycles. The molecule has 0 aromatic carbocycles. The molecule has 1 atom stereocenters. The Kier molecular flexibility index (Phi) is 5.06. The normalized spacial score (nSPS) is 14.4. The van der Waals surface area contributed by atoms with Crippen molar-refractivity contribution in [2.24, 2.45) is 5.92 Å². The van der Waals surface area contributed by atoms with Crippen molar-refractivity contribution in [3.63, 3.8) is 0 Å². The van der Waals surface area contributed by atoms with Crippen molar-refractivity contribution in [1.82, 2.24) is 34.8 Å². The summed E-state index contributed by atoms with van der Waals surface area (Å²) in [6, 6.07) is 1.98. The van der Waals surface area contributed by atoms with Gasteiger partial charge < -0.3 is 14.8 Å². The molecular formula is C17H27N7O. The van der Waals surface area contributed by atoms with Gasteiger partial charge in [-0.05, 0) is 32.3 Å². The molecule has 2 aromatic rings. The van der Waals surface area contributed by atoms with Gasteiger partial charge in [-0.15, -0.1) is 10.2 Å². The van der Waals surface area contributed by atoms with E-state index < -0.39 is 0 Å². The first-order chi connectivity index (χ1) is 11.9. The van der Waals surface area contributed by atoms with Crippen LogP contribution in [-0.2, 0) is 26.1 Å². The molecule has 136 valence electrons. The molecule has 0 bridgehead atoms. The molecule has 2 aromatic heterocycles. The fourth-order valence-electron chi connectivity index (χ4n) is 3.23. The molecule has 3 heterocycles. The van der Waals surface area contributed by atoms with E-state index in [9.17, 15) is 4.79 Å². The minimum Gasteiger partial charge on any atom is -0.338 e. The van der Waals surface area contributed by atoms with Crippen molar-refractivity contribution < 1.29 is 4.79 Å². The number of aryl methyl sites for hydroxylation is 3. The molecule has 3 rings (SSSR count). The summed E-state index contributed by atoms with van der Waals surface area (Å²) in [7, 11) is 1.79. The van der Waals surface area contributed by atoms with E-state index in [-0.39, 0.29) is 6.03 Å². The quantitative estimate of drug-likeness (QED) is 0.861. The fourth-order valence-corrected chi connectivity index (χ4v) is 3.23. The van der Waals surface area contributed by atoms with Crippen LogP contribution in [0.3, 0.4) is 0 Å². The van der Waals surface area contributed by atoms with Crippen LogP contribution in [-0.4, -0.2) is 49.1 Å². The lowest BCUT2D eigenvalue weighted by molar-refractivity contribution is 0.202. The van der Waals surface area contributed by atoms with Crippen molar-refractivity contribution in [2.75, 3.05) is 13.6 Å². The molecule has 0 saturated carbocycles. The molecule has 1 aliphatic rings. The van der Waals surface area contributed by atoms with Crippen LogP contribution in [0.5, 0.6) is 0 Å². The maximum Gasteiger partial charge on any atom is 0.317 e. The lowest BCUT2D eigenvalue weighted by Gasteiger charge is -2.20. The maximum atomic E-state index is 12.3. The number of fused-ring (bicyclic) bond motifs is 1. The van der Waals surface area contributed by atoms with Gasteiger partial charge in [-0.1, -0.05) is 6.92 Å². The molecule has 1 unspecified atom stereocenters. The molecule has 1 aliphatic heterocycles. The molecule has 25 heavy (non-hydrogen) atoms. The number of nitrogens with one attached hydrogen (secondary N) is 1. The summed E-state index contributed by atoms with van der Waals surface area (Å²) in [5.41, 5.74) is 2.17. The Morgan fingerprint density at radius 1 is 1.40 bits per heavy atom. The monoisotopic (exact) mass is 345 g/mol. The number of rotatable bonds is 6. The minimum absolute atomic E-state index is 0.0874. The second-order valence-corrected chi connectivity index (χ2v) is 7.04. The number of amides is 2. The van der Waals surface area contributed by atoms with Gasteiger partial charge in [-0.25, -0.2) is 4.79 Å². The average molecular weight is 345 g/mol. The van der Waals surface area contributed by atoms with Gasteiger partial charge in [0.15, 0.2) is 5.82 Å². The molecule has 8 nitrogen and oxygen atoms in total. The van der Waals surface area contributed by atoms with Crippen LogP contribution in [0.15, 0.2) is 6.07 Å². The van der Waals surface area contributed by atoms with E-state index in [1.807, 2.05) is 11.6 Å².